The smallest absolute Gasteiger partial charge is 0.166 e. The van der Waals surface area contributed by atoms with Crippen molar-refractivity contribution in [3.63, 3.8) is 0 Å². The van der Waals surface area contributed by atoms with Crippen LogP contribution < -0.4 is 4.74 Å². The molecule has 0 atom stereocenters. The average molecular weight is 236 g/mol. The summed E-state index contributed by atoms with van der Waals surface area (Å²) in [7, 11) is 1.53. The maximum Gasteiger partial charge on any atom is 0.166 e. The van der Waals surface area contributed by atoms with Crippen molar-refractivity contribution in [3.05, 3.63) is 23.8 Å². The summed E-state index contributed by atoms with van der Waals surface area (Å²) in [4.78, 5) is 11.8. The zero-order chi connectivity index (χ0) is 12.7. The van der Waals surface area contributed by atoms with Crippen molar-refractivity contribution in [2.24, 2.45) is 0 Å². The number of unbranched alkanes of at least 4 members (excludes halogenated alkanes) is 3. The van der Waals surface area contributed by atoms with Gasteiger partial charge in [0.05, 0.1) is 12.7 Å². The standard InChI is InChI=1S/C14H20O3/c1-3-4-5-6-7-13(15)12-9-8-11(17-2)10-14(12)16/h8-10,16H,3-7H2,1-2H3. The Balaban J connectivity index is 2.57. The molecule has 1 aromatic rings. The molecule has 0 amide bonds. The minimum Gasteiger partial charge on any atom is -0.507 e. The number of phenols is 1. The molecular formula is C14H20O3. The van der Waals surface area contributed by atoms with Crippen molar-refractivity contribution in [1.82, 2.24) is 0 Å². The lowest BCUT2D eigenvalue weighted by Gasteiger charge is -2.06. The van der Waals surface area contributed by atoms with Gasteiger partial charge in [-0.05, 0) is 18.6 Å². The van der Waals surface area contributed by atoms with Crippen LogP contribution in [0.2, 0.25) is 0 Å². The van der Waals surface area contributed by atoms with Gasteiger partial charge < -0.3 is 9.84 Å². The molecule has 1 N–H and O–H groups in total. The van der Waals surface area contributed by atoms with Crippen LogP contribution >= 0.6 is 0 Å². The quantitative estimate of drug-likeness (QED) is 0.581. The van der Waals surface area contributed by atoms with E-state index >= 15 is 0 Å². The largest absolute Gasteiger partial charge is 0.507 e. The Morgan fingerprint density at radius 1 is 1.29 bits per heavy atom. The molecule has 3 heteroatoms. The third-order valence-electron chi connectivity index (χ3n) is 2.76. The number of hydrogen-bond acceptors (Lipinski definition) is 3. The van der Waals surface area contributed by atoms with Crippen LogP contribution in [0.4, 0.5) is 0 Å². The summed E-state index contributed by atoms with van der Waals surface area (Å²) >= 11 is 0. The Kier molecular flexibility index (Phi) is 5.53. The van der Waals surface area contributed by atoms with Crippen molar-refractivity contribution in [2.75, 3.05) is 7.11 Å². The Labute approximate surface area is 102 Å². The van der Waals surface area contributed by atoms with Crippen molar-refractivity contribution >= 4 is 5.78 Å². The van der Waals surface area contributed by atoms with E-state index in [-0.39, 0.29) is 11.5 Å². The highest BCUT2D eigenvalue weighted by atomic mass is 16.5. The Hall–Kier alpha value is -1.51. The number of rotatable bonds is 7. The average Bonchev–Trinajstić information content (AvgIpc) is 2.34. The van der Waals surface area contributed by atoms with Gasteiger partial charge in [-0.2, -0.15) is 0 Å². The fourth-order valence-corrected chi connectivity index (χ4v) is 1.72. The first-order chi connectivity index (χ1) is 8.19. The molecule has 0 unspecified atom stereocenters. The van der Waals surface area contributed by atoms with Crippen LogP contribution in [0, 0.1) is 0 Å². The zero-order valence-corrected chi connectivity index (χ0v) is 10.5. The molecule has 1 aromatic carbocycles. The SMILES string of the molecule is CCCCCCC(=O)c1ccc(OC)cc1O. The molecule has 0 aliphatic heterocycles. The molecule has 0 aliphatic carbocycles. The second kappa shape index (κ2) is 6.94. The van der Waals surface area contributed by atoms with Crippen LogP contribution in [-0.4, -0.2) is 18.0 Å². The van der Waals surface area contributed by atoms with Gasteiger partial charge in [0, 0.05) is 12.5 Å². The number of ketones is 1. The highest BCUT2D eigenvalue weighted by Gasteiger charge is 2.11. The number of carbonyl (C=O) groups is 1. The third-order valence-corrected chi connectivity index (χ3v) is 2.76. The fraction of sp³-hybridized carbons (Fsp3) is 0.500. The highest BCUT2D eigenvalue weighted by molar-refractivity contribution is 5.98. The first kappa shape index (κ1) is 13.6. The minimum atomic E-state index is 0.00116. The lowest BCUT2D eigenvalue weighted by atomic mass is 10.0. The highest BCUT2D eigenvalue weighted by Crippen LogP contribution is 2.25. The van der Waals surface area contributed by atoms with Gasteiger partial charge in [0.15, 0.2) is 5.78 Å². The predicted octanol–water partition coefficient (Wildman–Crippen LogP) is 3.55. The summed E-state index contributed by atoms with van der Waals surface area (Å²) in [5.41, 5.74) is 0.391. The first-order valence-corrected chi connectivity index (χ1v) is 6.09. The minimum absolute atomic E-state index is 0.00116. The van der Waals surface area contributed by atoms with Gasteiger partial charge in [-0.3, -0.25) is 4.79 Å². The van der Waals surface area contributed by atoms with Crippen LogP contribution in [0.5, 0.6) is 11.5 Å². The molecule has 1 rings (SSSR count). The molecule has 0 heterocycles. The number of methoxy groups -OCH3 is 1. The Bertz CT molecular complexity index is 372. The van der Waals surface area contributed by atoms with E-state index in [9.17, 15) is 9.90 Å². The molecule has 0 bridgehead atoms. The molecule has 94 valence electrons. The monoisotopic (exact) mass is 236 g/mol. The molecule has 0 fully saturated rings. The summed E-state index contributed by atoms with van der Waals surface area (Å²) in [6.45, 7) is 2.14. The lowest BCUT2D eigenvalue weighted by Crippen LogP contribution is -1.99. The molecule has 0 aliphatic rings. The number of carbonyl (C=O) groups excluding carboxylic acids is 1. The van der Waals surface area contributed by atoms with Crippen LogP contribution in [0.3, 0.4) is 0 Å². The topological polar surface area (TPSA) is 46.5 Å². The molecule has 3 nitrogen and oxygen atoms in total. The molecule has 0 spiro atoms. The number of hydrogen-bond donors (Lipinski definition) is 1. The molecular weight excluding hydrogens is 216 g/mol. The first-order valence-electron chi connectivity index (χ1n) is 6.09. The van der Waals surface area contributed by atoms with Crippen LogP contribution in [0.25, 0.3) is 0 Å². The molecule has 0 aromatic heterocycles. The number of ether oxygens (including phenoxy) is 1. The van der Waals surface area contributed by atoms with Crippen molar-refractivity contribution in [2.45, 2.75) is 39.0 Å². The van der Waals surface area contributed by atoms with Gasteiger partial charge in [0.1, 0.15) is 11.5 Å². The van der Waals surface area contributed by atoms with E-state index in [0.717, 1.165) is 25.7 Å². The number of benzene rings is 1. The molecule has 0 saturated carbocycles. The third kappa shape index (κ3) is 4.10. The summed E-state index contributed by atoms with van der Waals surface area (Å²) in [5.74, 6) is 0.566. The fourth-order valence-electron chi connectivity index (χ4n) is 1.72. The van der Waals surface area contributed by atoms with Crippen LogP contribution in [0.15, 0.2) is 18.2 Å². The number of aromatic hydroxyl groups is 1. The summed E-state index contributed by atoms with van der Waals surface area (Å²) in [6.07, 6.45) is 4.76. The zero-order valence-electron chi connectivity index (χ0n) is 10.5. The Morgan fingerprint density at radius 3 is 2.65 bits per heavy atom. The normalized spacial score (nSPS) is 10.2. The molecule has 0 saturated heterocycles. The van der Waals surface area contributed by atoms with Gasteiger partial charge in [-0.25, -0.2) is 0 Å². The molecule has 0 radical (unpaired) electrons. The van der Waals surface area contributed by atoms with E-state index in [0.29, 0.717) is 17.7 Å². The van der Waals surface area contributed by atoms with E-state index in [4.69, 9.17) is 4.74 Å². The number of Topliss-reactive ketones (excluding diaryl/α,β-unsaturated/α-hetero) is 1. The second-order valence-electron chi connectivity index (χ2n) is 4.12. The van der Waals surface area contributed by atoms with Gasteiger partial charge in [-0.1, -0.05) is 26.2 Å². The predicted molar refractivity (Wildman–Crippen MR) is 67.7 cm³/mol. The van der Waals surface area contributed by atoms with E-state index in [1.165, 1.54) is 13.2 Å². The van der Waals surface area contributed by atoms with Gasteiger partial charge in [-0.15, -0.1) is 0 Å². The van der Waals surface area contributed by atoms with Crippen molar-refractivity contribution in [1.29, 1.82) is 0 Å². The van der Waals surface area contributed by atoms with Crippen LogP contribution in [-0.2, 0) is 0 Å². The number of phenolic OH excluding ortho intramolecular Hbond substituents is 1. The van der Waals surface area contributed by atoms with Gasteiger partial charge in [0.2, 0.25) is 0 Å². The van der Waals surface area contributed by atoms with E-state index < -0.39 is 0 Å². The van der Waals surface area contributed by atoms with Gasteiger partial charge >= 0.3 is 0 Å². The summed E-state index contributed by atoms with van der Waals surface area (Å²) in [6, 6.07) is 4.79. The van der Waals surface area contributed by atoms with Crippen LogP contribution in [0.1, 0.15) is 49.4 Å². The maximum absolute atomic E-state index is 11.8. The summed E-state index contributed by atoms with van der Waals surface area (Å²) in [5, 5.41) is 9.69. The lowest BCUT2D eigenvalue weighted by molar-refractivity contribution is 0.0976. The van der Waals surface area contributed by atoms with Gasteiger partial charge in [0.25, 0.3) is 0 Å². The molecule has 17 heavy (non-hydrogen) atoms. The van der Waals surface area contributed by atoms with Crippen molar-refractivity contribution < 1.29 is 14.6 Å². The second-order valence-corrected chi connectivity index (χ2v) is 4.12. The Morgan fingerprint density at radius 2 is 2.06 bits per heavy atom. The summed E-state index contributed by atoms with van der Waals surface area (Å²) < 4.78 is 4.97. The van der Waals surface area contributed by atoms with E-state index in [2.05, 4.69) is 6.92 Å². The van der Waals surface area contributed by atoms with E-state index in [1.54, 1.807) is 12.1 Å². The maximum atomic E-state index is 11.8. The van der Waals surface area contributed by atoms with E-state index in [1.807, 2.05) is 0 Å². The van der Waals surface area contributed by atoms with Crippen molar-refractivity contribution in [3.8, 4) is 11.5 Å².